The molecule has 0 saturated heterocycles. The number of benzene rings is 2. The fourth-order valence-corrected chi connectivity index (χ4v) is 3.36. The van der Waals surface area contributed by atoms with Gasteiger partial charge in [0, 0.05) is 18.7 Å². The van der Waals surface area contributed by atoms with Gasteiger partial charge in [-0.15, -0.1) is 0 Å². The molecule has 28 heavy (non-hydrogen) atoms. The predicted molar refractivity (Wildman–Crippen MR) is 118 cm³/mol. The second kappa shape index (κ2) is 9.01. The van der Waals surface area contributed by atoms with Crippen molar-refractivity contribution in [2.24, 2.45) is 0 Å². The zero-order valence-corrected chi connectivity index (χ0v) is 18.3. The summed E-state index contributed by atoms with van der Waals surface area (Å²) in [4.78, 5) is 0.165. The Balaban J connectivity index is 1.87. The molecular formula is C21H27FN2O2S2. The Hall–Kier alpha value is -1.99. The molecular weight excluding hydrogens is 395 g/mol. The first-order valence-corrected chi connectivity index (χ1v) is 11.3. The highest BCUT2D eigenvalue weighted by Crippen LogP contribution is 2.22. The van der Waals surface area contributed by atoms with E-state index in [2.05, 4.69) is 30.8 Å². The van der Waals surface area contributed by atoms with Crippen LogP contribution in [0.15, 0.2) is 48.5 Å². The molecule has 1 unspecified atom stereocenters. The van der Waals surface area contributed by atoms with E-state index >= 15 is 0 Å². The highest BCUT2D eigenvalue weighted by molar-refractivity contribution is 7.92. The van der Waals surface area contributed by atoms with Gasteiger partial charge in [-0.05, 0) is 34.2 Å². The Morgan fingerprint density at radius 1 is 1.04 bits per heavy atom. The maximum Gasteiger partial charge on any atom is 0.229 e. The summed E-state index contributed by atoms with van der Waals surface area (Å²) in [5, 5.41) is 2.94. The van der Waals surface area contributed by atoms with Crippen molar-refractivity contribution in [1.82, 2.24) is 5.32 Å². The summed E-state index contributed by atoms with van der Waals surface area (Å²) in [5.41, 5.74) is 3.54. The molecule has 0 aliphatic heterocycles. The summed E-state index contributed by atoms with van der Waals surface area (Å²) in [6, 6.07) is 14.8. The van der Waals surface area contributed by atoms with Gasteiger partial charge in [-0.25, -0.2) is 12.8 Å². The third-order valence-corrected chi connectivity index (χ3v) is 5.25. The minimum atomic E-state index is -3.30. The molecule has 7 heteroatoms. The molecule has 0 saturated carbocycles. The molecule has 0 aliphatic carbocycles. The first-order chi connectivity index (χ1) is 12.9. The zero-order valence-electron chi connectivity index (χ0n) is 16.6. The maximum atomic E-state index is 14.5. The lowest BCUT2D eigenvalue weighted by Crippen LogP contribution is -2.31. The SMILES string of the molecule is CC(C)(C)c1ccc(CC(F)C(=S)NCc2ccc(NS(C)(=O)=O)cc2)cc1. The highest BCUT2D eigenvalue weighted by Gasteiger charge is 2.16. The van der Waals surface area contributed by atoms with Gasteiger partial charge in [0.05, 0.1) is 6.26 Å². The van der Waals surface area contributed by atoms with Crippen LogP contribution in [0.5, 0.6) is 0 Å². The maximum absolute atomic E-state index is 14.5. The molecule has 0 spiro atoms. The van der Waals surface area contributed by atoms with Gasteiger partial charge < -0.3 is 5.32 Å². The smallest absolute Gasteiger partial charge is 0.229 e. The van der Waals surface area contributed by atoms with Crippen molar-refractivity contribution in [2.75, 3.05) is 11.0 Å². The number of thiocarbonyl (C=S) groups is 1. The monoisotopic (exact) mass is 422 g/mol. The van der Waals surface area contributed by atoms with E-state index in [4.69, 9.17) is 12.2 Å². The summed E-state index contributed by atoms with van der Waals surface area (Å²) in [6.07, 6.45) is 0.0635. The number of hydrogen-bond acceptors (Lipinski definition) is 3. The number of nitrogens with one attached hydrogen (secondary N) is 2. The number of sulfonamides is 1. The molecule has 0 fully saturated rings. The van der Waals surface area contributed by atoms with Gasteiger partial charge in [-0.2, -0.15) is 0 Å². The fraction of sp³-hybridized carbons (Fsp3) is 0.381. The number of rotatable bonds is 7. The van der Waals surface area contributed by atoms with E-state index in [1.165, 1.54) is 5.56 Å². The molecule has 0 bridgehead atoms. The van der Waals surface area contributed by atoms with Crippen LogP contribution in [0.4, 0.5) is 10.1 Å². The molecule has 0 aromatic heterocycles. The van der Waals surface area contributed by atoms with Crippen LogP contribution in [0.1, 0.15) is 37.5 Å². The molecule has 0 heterocycles. The average molecular weight is 423 g/mol. The number of halogens is 1. The lowest BCUT2D eigenvalue weighted by atomic mass is 9.86. The standard InChI is InChI=1S/C21H27FN2O2S2/c1-21(2,3)17-9-5-15(6-10-17)13-19(22)20(27)23-14-16-7-11-18(12-8-16)24-28(4,25)26/h5-12,19,24H,13-14H2,1-4H3,(H,23,27). The van der Waals surface area contributed by atoms with Crippen molar-refractivity contribution >= 4 is 32.9 Å². The Kier molecular flexibility index (Phi) is 7.17. The molecule has 0 amide bonds. The van der Waals surface area contributed by atoms with Gasteiger partial charge in [0.15, 0.2) is 6.17 Å². The van der Waals surface area contributed by atoms with E-state index < -0.39 is 16.2 Å². The van der Waals surface area contributed by atoms with Crippen LogP contribution in [0.25, 0.3) is 0 Å². The quantitative estimate of drug-likeness (QED) is 0.651. The van der Waals surface area contributed by atoms with Crippen LogP contribution in [0.2, 0.25) is 0 Å². The topological polar surface area (TPSA) is 58.2 Å². The lowest BCUT2D eigenvalue weighted by Gasteiger charge is -2.19. The minimum absolute atomic E-state index is 0.0664. The lowest BCUT2D eigenvalue weighted by molar-refractivity contribution is 0.418. The summed E-state index contributed by atoms with van der Waals surface area (Å²) in [5.74, 6) is 0. The van der Waals surface area contributed by atoms with Gasteiger partial charge in [0.25, 0.3) is 0 Å². The van der Waals surface area contributed by atoms with E-state index in [1.807, 2.05) is 24.3 Å². The number of alkyl halides is 1. The van der Waals surface area contributed by atoms with Crippen LogP contribution >= 0.6 is 12.2 Å². The zero-order chi connectivity index (χ0) is 20.9. The third-order valence-electron chi connectivity index (χ3n) is 4.24. The van der Waals surface area contributed by atoms with E-state index in [9.17, 15) is 12.8 Å². The van der Waals surface area contributed by atoms with Crippen molar-refractivity contribution in [2.45, 2.75) is 45.3 Å². The normalized spacial score (nSPS) is 13.0. The first kappa shape index (κ1) is 22.3. The minimum Gasteiger partial charge on any atom is -0.373 e. The van der Waals surface area contributed by atoms with Gasteiger partial charge in [0.1, 0.15) is 4.99 Å². The second-order valence-electron chi connectivity index (χ2n) is 7.91. The molecule has 152 valence electrons. The van der Waals surface area contributed by atoms with Crippen molar-refractivity contribution in [3.63, 3.8) is 0 Å². The van der Waals surface area contributed by atoms with Crippen molar-refractivity contribution in [1.29, 1.82) is 0 Å². The van der Waals surface area contributed by atoms with Crippen LogP contribution in [-0.2, 0) is 28.4 Å². The Morgan fingerprint density at radius 2 is 1.57 bits per heavy atom. The molecule has 2 N–H and O–H groups in total. The molecule has 2 aromatic carbocycles. The van der Waals surface area contributed by atoms with Crippen LogP contribution < -0.4 is 10.0 Å². The van der Waals surface area contributed by atoms with Gasteiger partial charge in [-0.3, -0.25) is 4.72 Å². The van der Waals surface area contributed by atoms with E-state index in [0.29, 0.717) is 12.2 Å². The fourth-order valence-electron chi connectivity index (χ4n) is 2.65. The molecule has 1 atom stereocenters. The molecule has 2 rings (SSSR count). The Morgan fingerprint density at radius 3 is 2.07 bits per heavy atom. The van der Waals surface area contributed by atoms with Crippen molar-refractivity contribution in [3.8, 4) is 0 Å². The Labute approximate surface area is 172 Å². The summed E-state index contributed by atoms with van der Waals surface area (Å²) >= 11 is 5.18. The van der Waals surface area contributed by atoms with Crippen LogP contribution in [-0.4, -0.2) is 25.8 Å². The second-order valence-corrected chi connectivity index (χ2v) is 10.1. The molecule has 4 nitrogen and oxygen atoms in total. The van der Waals surface area contributed by atoms with Gasteiger partial charge in [0.2, 0.25) is 10.0 Å². The summed E-state index contributed by atoms with van der Waals surface area (Å²) < 4.78 is 39.3. The van der Waals surface area contributed by atoms with Crippen molar-refractivity contribution < 1.29 is 12.8 Å². The average Bonchev–Trinajstić information content (AvgIpc) is 2.59. The summed E-state index contributed by atoms with van der Waals surface area (Å²) in [6.45, 7) is 6.80. The third kappa shape index (κ3) is 7.20. The van der Waals surface area contributed by atoms with E-state index in [1.54, 1.807) is 24.3 Å². The van der Waals surface area contributed by atoms with Crippen LogP contribution in [0, 0.1) is 0 Å². The molecule has 2 aromatic rings. The molecule has 0 aliphatic rings. The number of anilines is 1. The van der Waals surface area contributed by atoms with Crippen molar-refractivity contribution in [3.05, 3.63) is 65.2 Å². The van der Waals surface area contributed by atoms with E-state index in [0.717, 1.165) is 17.4 Å². The Bertz CT molecular complexity index is 903. The number of hydrogen-bond donors (Lipinski definition) is 2. The predicted octanol–water partition coefficient (Wildman–Crippen LogP) is 4.35. The van der Waals surface area contributed by atoms with Gasteiger partial charge >= 0.3 is 0 Å². The van der Waals surface area contributed by atoms with Gasteiger partial charge in [-0.1, -0.05) is 69.4 Å². The highest BCUT2D eigenvalue weighted by atomic mass is 32.2. The summed E-state index contributed by atoms with van der Waals surface area (Å²) in [7, 11) is -3.30. The van der Waals surface area contributed by atoms with Crippen LogP contribution in [0.3, 0.4) is 0 Å². The first-order valence-electron chi connectivity index (χ1n) is 9.02. The largest absolute Gasteiger partial charge is 0.373 e. The molecule has 0 radical (unpaired) electrons. The van der Waals surface area contributed by atoms with E-state index in [-0.39, 0.29) is 16.8 Å².